The molecule has 0 fully saturated rings. The molecule has 20 heavy (non-hydrogen) atoms. The average molecular weight is 270 g/mol. The van der Waals surface area contributed by atoms with Gasteiger partial charge in [0.25, 0.3) is 0 Å². The lowest BCUT2D eigenvalue weighted by Gasteiger charge is -2.07. The molecule has 104 valence electrons. The second-order valence-electron chi connectivity index (χ2n) is 4.34. The molecule has 2 aromatic carbocycles. The van der Waals surface area contributed by atoms with E-state index in [9.17, 15) is 0 Å². The standard InChI is InChI=1S/C16H18N2O2/c1-12-4-7-14(8-5-12)18-17-11-13-6-9-15(19-2)10-16(13)20-3/h4-11,18H,1-3H3/b17-11-. The van der Waals surface area contributed by atoms with Gasteiger partial charge in [0.1, 0.15) is 11.5 Å². The normalized spacial score (nSPS) is 10.6. The van der Waals surface area contributed by atoms with Gasteiger partial charge in [-0.1, -0.05) is 17.7 Å². The molecule has 2 aromatic rings. The Morgan fingerprint density at radius 2 is 1.75 bits per heavy atom. The minimum absolute atomic E-state index is 0.721. The highest BCUT2D eigenvalue weighted by atomic mass is 16.5. The topological polar surface area (TPSA) is 42.8 Å². The predicted octanol–water partition coefficient (Wildman–Crippen LogP) is 3.46. The summed E-state index contributed by atoms with van der Waals surface area (Å²) in [6, 6.07) is 13.6. The molecule has 2 rings (SSSR count). The van der Waals surface area contributed by atoms with Gasteiger partial charge in [0.15, 0.2) is 0 Å². The van der Waals surface area contributed by atoms with E-state index in [0.29, 0.717) is 0 Å². The fourth-order valence-corrected chi connectivity index (χ4v) is 1.73. The van der Waals surface area contributed by atoms with E-state index in [1.807, 2.05) is 42.5 Å². The summed E-state index contributed by atoms with van der Waals surface area (Å²) in [4.78, 5) is 0. The average Bonchev–Trinajstić information content (AvgIpc) is 2.49. The Hall–Kier alpha value is -2.49. The summed E-state index contributed by atoms with van der Waals surface area (Å²) in [6.45, 7) is 2.05. The lowest BCUT2D eigenvalue weighted by molar-refractivity contribution is 0.394. The molecule has 0 amide bonds. The first-order valence-corrected chi connectivity index (χ1v) is 6.30. The van der Waals surface area contributed by atoms with Gasteiger partial charge >= 0.3 is 0 Å². The van der Waals surface area contributed by atoms with Gasteiger partial charge in [0.2, 0.25) is 0 Å². The number of anilines is 1. The summed E-state index contributed by atoms with van der Waals surface area (Å²) in [5.74, 6) is 1.48. The van der Waals surface area contributed by atoms with Crippen molar-refractivity contribution >= 4 is 11.9 Å². The van der Waals surface area contributed by atoms with Gasteiger partial charge in [0, 0.05) is 11.6 Å². The molecular weight excluding hydrogens is 252 g/mol. The highest BCUT2D eigenvalue weighted by Crippen LogP contribution is 2.23. The number of hydrogen-bond acceptors (Lipinski definition) is 4. The van der Waals surface area contributed by atoms with Gasteiger partial charge in [0.05, 0.1) is 26.1 Å². The van der Waals surface area contributed by atoms with Crippen molar-refractivity contribution in [3.63, 3.8) is 0 Å². The van der Waals surface area contributed by atoms with Gasteiger partial charge in [-0.25, -0.2) is 0 Å². The summed E-state index contributed by atoms with van der Waals surface area (Å²) < 4.78 is 10.5. The van der Waals surface area contributed by atoms with Crippen LogP contribution in [0.15, 0.2) is 47.6 Å². The van der Waals surface area contributed by atoms with Crippen molar-refractivity contribution in [3.05, 3.63) is 53.6 Å². The van der Waals surface area contributed by atoms with E-state index in [0.717, 1.165) is 22.7 Å². The summed E-state index contributed by atoms with van der Waals surface area (Å²) >= 11 is 0. The summed E-state index contributed by atoms with van der Waals surface area (Å²) in [7, 11) is 3.25. The minimum Gasteiger partial charge on any atom is -0.497 e. The zero-order chi connectivity index (χ0) is 14.4. The molecule has 0 saturated carbocycles. The van der Waals surface area contributed by atoms with Crippen LogP contribution in [-0.4, -0.2) is 20.4 Å². The highest BCUT2D eigenvalue weighted by molar-refractivity contribution is 5.84. The maximum absolute atomic E-state index is 5.31. The smallest absolute Gasteiger partial charge is 0.131 e. The van der Waals surface area contributed by atoms with Crippen molar-refractivity contribution in [1.82, 2.24) is 0 Å². The van der Waals surface area contributed by atoms with Gasteiger partial charge in [-0.3, -0.25) is 5.43 Å². The Morgan fingerprint density at radius 3 is 2.40 bits per heavy atom. The van der Waals surface area contributed by atoms with Crippen LogP contribution < -0.4 is 14.9 Å². The molecule has 0 aliphatic carbocycles. The van der Waals surface area contributed by atoms with Crippen LogP contribution in [0.25, 0.3) is 0 Å². The minimum atomic E-state index is 0.721. The van der Waals surface area contributed by atoms with Crippen LogP contribution in [0.1, 0.15) is 11.1 Å². The number of nitrogens with one attached hydrogen (secondary N) is 1. The molecule has 0 aliphatic rings. The van der Waals surface area contributed by atoms with E-state index in [1.165, 1.54) is 5.56 Å². The van der Waals surface area contributed by atoms with Crippen LogP contribution >= 0.6 is 0 Å². The molecule has 4 heteroatoms. The molecule has 4 nitrogen and oxygen atoms in total. The number of aryl methyl sites for hydroxylation is 1. The van der Waals surface area contributed by atoms with Crippen molar-refractivity contribution in [1.29, 1.82) is 0 Å². The maximum Gasteiger partial charge on any atom is 0.131 e. The number of rotatable bonds is 5. The molecule has 0 saturated heterocycles. The third-order valence-electron chi connectivity index (χ3n) is 2.89. The number of benzene rings is 2. The van der Waals surface area contributed by atoms with Crippen molar-refractivity contribution in [2.75, 3.05) is 19.6 Å². The molecule has 0 bridgehead atoms. The molecule has 0 heterocycles. The summed E-state index contributed by atoms with van der Waals surface area (Å²) in [6.07, 6.45) is 1.72. The van der Waals surface area contributed by atoms with E-state index in [4.69, 9.17) is 9.47 Å². The largest absolute Gasteiger partial charge is 0.497 e. The third-order valence-corrected chi connectivity index (χ3v) is 2.89. The predicted molar refractivity (Wildman–Crippen MR) is 81.9 cm³/mol. The number of methoxy groups -OCH3 is 2. The van der Waals surface area contributed by atoms with Crippen LogP contribution in [0.4, 0.5) is 5.69 Å². The van der Waals surface area contributed by atoms with Crippen molar-refractivity contribution in [2.24, 2.45) is 5.10 Å². The summed E-state index contributed by atoms with van der Waals surface area (Å²) in [5, 5.41) is 4.21. The van der Waals surface area contributed by atoms with Crippen LogP contribution in [0.3, 0.4) is 0 Å². The van der Waals surface area contributed by atoms with Gasteiger partial charge in [-0.2, -0.15) is 5.10 Å². The Kier molecular flexibility index (Phi) is 4.60. The monoisotopic (exact) mass is 270 g/mol. The number of hydrazone groups is 1. The molecule has 0 aliphatic heterocycles. The van der Waals surface area contributed by atoms with Crippen LogP contribution in [0.5, 0.6) is 11.5 Å². The second kappa shape index (κ2) is 6.61. The first kappa shape index (κ1) is 13.9. The number of nitrogens with zero attached hydrogens (tertiary/aromatic N) is 1. The Morgan fingerprint density at radius 1 is 1.00 bits per heavy atom. The molecule has 0 aromatic heterocycles. The molecular formula is C16H18N2O2. The first-order valence-electron chi connectivity index (χ1n) is 6.30. The third kappa shape index (κ3) is 3.51. The Balaban J connectivity index is 2.09. The SMILES string of the molecule is COc1ccc(/C=N\Nc2ccc(C)cc2)c(OC)c1. The van der Waals surface area contributed by atoms with E-state index in [-0.39, 0.29) is 0 Å². The molecule has 1 N–H and O–H groups in total. The van der Waals surface area contributed by atoms with Crippen LogP contribution in [0.2, 0.25) is 0 Å². The molecule has 0 spiro atoms. The lowest BCUT2D eigenvalue weighted by Crippen LogP contribution is -1.95. The molecule has 0 unspecified atom stereocenters. The Labute approximate surface area is 119 Å². The van der Waals surface area contributed by atoms with Crippen molar-refractivity contribution in [2.45, 2.75) is 6.92 Å². The fourth-order valence-electron chi connectivity index (χ4n) is 1.73. The van der Waals surface area contributed by atoms with Gasteiger partial charge in [-0.15, -0.1) is 0 Å². The first-order chi connectivity index (χ1) is 9.72. The van der Waals surface area contributed by atoms with Crippen LogP contribution in [0, 0.1) is 6.92 Å². The molecule has 0 radical (unpaired) electrons. The van der Waals surface area contributed by atoms with E-state index < -0.39 is 0 Å². The van der Waals surface area contributed by atoms with E-state index in [2.05, 4.69) is 17.5 Å². The number of hydrogen-bond donors (Lipinski definition) is 1. The van der Waals surface area contributed by atoms with E-state index in [1.54, 1.807) is 20.4 Å². The van der Waals surface area contributed by atoms with Crippen LogP contribution in [-0.2, 0) is 0 Å². The maximum atomic E-state index is 5.31. The zero-order valence-corrected chi connectivity index (χ0v) is 11.9. The Bertz CT molecular complexity index is 592. The van der Waals surface area contributed by atoms with Gasteiger partial charge < -0.3 is 9.47 Å². The fraction of sp³-hybridized carbons (Fsp3) is 0.188. The molecule has 0 atom stereocenters. The number of ether oxygens (including phenoxy) is 2. The van der Waals surface area contributed by atoms with Gasteiger partial charge in [-0.05, 0) is 31.2 Å². The van der Waals surface area contributed by atoms with Crippen molar-refractivity contribution < 1.29 is 9.47 Å². The summed E-state index contributed by atoms with van der Waals surface area (Å²) in [5.41, 5.74) is 6.03. The van der Waals surface area contributed by atoms with E-state index >= 15 is 0 Å². The van der Waals surface area contributed by atoms with Crippen molar-refractivity contribution in [3.8, 4) is 11.5 Å². The highest BCUT2D eigenvalue weighted by Gasteiger charge is 2.02. The second-order valence-corrected chi connectivity index (χ2v) is 4.34. The quantitative estimate of drug-likeness (QED) is 0.668. The zero-order valence-electron chi connectivity index (χ0n) is 11.9. The lowest BCUT2D eigenvalue weighted by atomic mass is 10.2.